The van der Waals surface area contributed by atoms with Crippen LogP contribution in [0.3, 0.4) is 0 Å². The number of halogens is 2. The zero-order valence-electron chi connectivity index (χ0n) is 24.1. The Hall–Kier alpha value is -2.88. The maximum absolute atomic E-state index is 13.9. The lowest BCUT2D eigenvalue weighted by Gasteiger charge is -2.25. The summed E-state index contributed by atoms with van der Waals surface area (Å²) in [6.07, 6.45) is 3.59. The molecule has 2 amide bonds. The van der Waals surface area contributed by atoms with Crippen LogP contribution in [0.15, 0.2) is 36.4 Å². The maximum atomic E-state index is 13.9. The van der Waals surface area contributed by atoms with E-state index in [1.165, 1.54) is 12.1 Å². The standard InChI is InChI=1S/C31H43F2N3O4/c1-5-11-40-22(3)19-34-9-8-28(16-23-14-26(32)18-27(33)15-23)35-30(37)24-12-21(2)13-25(17-24)31(38)36-10-6-7-29(36)20-39-4/h12-15,17-18,22,28-29,34H,5-11,16,19-20H2,1-4H3,(H,35,37)/t22-,28-,29-/m1/s1. The molecule has 0 saturated carbocycles. The minimum atomic E-state index is -0.657. The number of hydrogen-bond acceptors (Lipinski definition) is 5. The molecule has 0 radical (unpaired) electrons. The quantitative estimate of drug-likeness (QED) is 0.311. The second-order valence-corrected chi connectivity index (χ2v) is 10.7. The number of amides is 2. The van der Waals surface area contributed by atoms with Crippen LogP contribution in [0.25, 0.3) is 0 Å². The van der Waals surface area contributed by atoms with Crippen molar-refractivity contribution in [3.05, 3.63) is 70.3 Å². The summed E-state index contributed by atoms with van der Waals surface area (Å²) in [6.45, 7) is 8.96. The number of carbonyl (C=O) groups excluding carboxylic acids is 2. The van der Waals surface area contributed by atoms with Crippen LogP contribution in [0.1, 0.15) is 71.4 Å². The van der Waals surface area contributed by atoms with Gasteiger partial charge in [0.1, 0.15) is 11.6 Å². The van der Waals surface area contributed by atoms with Gasteiger partial charge in [-0.25, -0.2) is 8.78 Å². The van der Waals surface area contributed by atoms with Gasteiger partial charge in [-0.3, -0.25) is 9.59 Å². The number of nitrogens with one attached hydrogen (secondary N) is 2. The summed E-state index contributed by atoms with van der Waals surface area (Å²) in [7, 11) is 1.63. The summed E-state index contributed by atoms with van der Waals surface area (Å²) in [5.41, 5.74) is 2.08. The minimum Gasteiger partial charge on any atom is -0.383 e. The van der Waals surface area contributed by atoms with E-state index in [2.05, 4.69) is 17.6 Å². The van der Waals surface area contributed by atoms with Crippen LogP contribution in [-0.2, 0) is 15.9 Å². The average Bonchev–Trinajstić information content (AvgIpc) is 3.36. The number of benzene rings is 2. The summed E-state index contributed by atoms with van der Waals surface area (Å²) in [4.78, 5) is 28.6. The summed E-state index contributed by atoms with van der Waals surface area (Å²) < 4.78 is 38.7. The Morgan fingerprint density at radius 2 is 1.82 bits per heavy atom. The van der Waals surface area contributed by atoms with Crippen LogP contribution < -0.4 is 10.6 Å². The normalized spacial score (nSPS) is 16.6. The highest BCUT2D eigenvalue weighted by atomic mass is 19.1. The molecule has 1 aliphatic heterocycles. The highest BCUT2D eigenvalue weighted by molar-refractivity contribution is 6.00. The van der Waals surface area contributed by atoms with Crippen molar-refractivity contribution in [2.24, 2.45) is 0 Å². The van der Waals surface area contributed by atoms with E-state index in [0.717, 1.165) is 30.9 Å². The Labute approximate surface area is 236 Å². The first kappa shape index (κ1) is 31.6. The fourth-order valence-electron chi connectivity index (χ4n) is 5.14. The summed E-state index contributed by atoms with van der Waals surface area (Å²) >= 11 is 0. The monoisotopic (exact) mass is 559 g/mol. The molecule has 0 unspecified atom stereocenters. The van der Waals surface area contributed by atoms with Gasteiger partial charge in [0.05, 0.1) is 18.8 Å². The predicted octanol–water partition coefficient (Wildman–Crippen LogP) is 4.66. The molecule has 2 aromatic carbocycles. The summed E-state index contributed by atoms with van der Waals surface area (Å²) in [5, 5.41) is 6.38. The van der Waals surface area contributed by atoms with Gasteiger partial charge in [-0.05, 0) is 94.0 Å². The van der Waals surface area contributed by atoms with Crippen molar-refractivity contribution in [3.8, 4) is 0 Å². The molecular formula is C31H43F2N3O4. The molecule has 0 spiro atoms. The average molecular weight is 560 g/mol. The fraction of sp³-hybridized carbons (Fsp3) is 0.548. The lowest BCUT2D eigenvalue weighted by atomic mass is 10.0. The van der Waals surface area contributed by atoms with Gasteiger partial charge in [-0.2, -0.15) is 0 Å². The van der Waals surface area contributed by atoms with Gasteiger partial charge in [0, 0.05) is 50.0 Å². The summed E-state index contributed by atoms with van der Waals surface area (Å²) in [5.74, 6) is -1.77. The van der Waals surface area contributed by atoms with E-state index in [4.69, 9.17) is 9.47 Å². The Kier molecular flexibility index (Phi) is 12.5. The van der Waals surface area contributed by atoms with Gasteiger partial charge in [0.25, 0.3) is 11.8 Å². The Bertz CT molecular complexity index is 1110. The molecule has 3 atom stereocenters. The molecule has 220 valence electrons. The first-order valence-electron chi connectivity index (χ1n) is 14.2. The molecule has 0 bridgehead atoms. The third-order valence-corrected chi connectivity index (χ3v) is 7.03. The molecule has 7 nitrogen and oxygen atoms in total. The second kappa shape index (κ2) is 15.8. The van der Waals surface area contributed by atoms with Gasteiger partial charge < -0.3 is 25.0 Å². The van der Waals surface area contributed by atoms with E-state index >= 15 is 0 Å². The van der Waals surface area contributed by atoms with Crippen molar-refractivity contribution in [2.75, 3.05) is 40.0 Å². The number of hydrogen-bond donors (Lipinski definition) is 2. The van der Waals surface area contributed by atoms with Crippen LogP contribution in [0.4, 0.5) is 8.78 Å². The Balaban J connectivity index is 1.72. The predicted molar refractivity (Wildman–Crippen MR) is 152 cm³/mol. The van der Waals surface area contributed by atoms with Crippen LogP contribution in [-0.4, -0.2) is 74.9 Å². The molecule has 1 aliphatic rings. The fourth-order valence-corrected chi connectivity index (χ4v) is 5.14. The number of methoxy groups -OCH3 is 1. The van der Waals surface area contributed by atoms with Gasteiger partial charge >= 0.3 is 0 Å². The van der Waals surface area contributed by atoms with E-state index in [-0.39, 0.29) is 30.4 Å². The number of rotatable bonds is 15. The molecule has 1 heterocycles. The molecule has 40 heavy (non-hydrogen) atoms. The highest BCUT2D eigenvalue weighted by Crippen LogP contribution is 2.22. The highest BCUT2D eigenvalue weighted by Gasteiger charge is 2.30. The van der Waals surface area contributed by atoms with E-state index in [1.54, 1.807) is 25.3 Å². The third-order valence-electron chi connectivity index (χ3n) is 7.03. The largest absolute Gasteiger partial charge is 0.383 e. The zero-order chi connectivity index (χ0) is 29.1. The van der Waals surface area contributed by atoms with Crippen LogP contribution in [0.5, 0.6) is 0 Å². The third kappa shape index (κ3) is 9.64. The SMILES string of the molecule is CCCO[C@H](C)CNCC[C@H](Cc1cc(F)cc(F)c1)NC(=O)c1cc(C)cc(C(=O)N2CCC[C@@H]2COC)c1. The van der Waals surface area contributed by atoms with Crippen LogP contribution >= 0.6 is 0 Å². The first-order valence-corrected chi connectivity index (χ1v) is 14.2. The molecule has 1 saturated heterocycles. The summed E-state index contributed by atoms with van der Waals surface area (Å²) in [6, 6.07) is 8.19. The van der Waals surface area contributed by atoms with Gasteiger partial charge in [0.2, 0.25) is 0 Å². The number of likely N-dealkylation sites (tertiary alicyclic amines) is 1. The number of carbonyl (C=O) groups is 2. The van der Waals surface area contributed by atoms with E-state index in [1.807, 2.05) is 18.7 Å². The zero-order valence-corrected chi connectivity index (χ0v) is 24.1. The van der Waals surface area contributed by atoms with Crippen molar-refractivity contribution in [1.82, 2.24) is 15.5 Å². The smallest absolute Gasteiger partial charge is 0.254 e. The van der Waals surface area contributed by atoms with Crippen molar-refractivity contribution in [1.29, 1.82) is 0 Å². The second-order valence-electron chi connectivity index (χ2n) is 10.7. The van der Waals surface area contributed by atoms with E-state index in [0.29, 0.717) is 56.0 Å². The molecule has 9 heteroatoms. The molecule has 3 rings (SSSR count). The van der Waals surface area contributed by atoms with Gasteiger partial charge in [-0.1, -0.05) is 6.92 Å². The number of nitrogens with zero attached hydrogens (tertiary/aromatic N) is 1. The Morgan fingerprint density at radius 3 is 2.52 bits per heavy atom. The molecule has 0 aliphatic carbocycles. The molecule has 0 aromatic heterocycles. The van der Waals surface area contributed by atoms with Crippen molar-refractivity contribution < 1.29 is 27.8 Å². The van der Waals surface area contributed by atoms with E-state index in [9.17, 15) is 18.4 Å². The topological polar surface area (TPSA) is 79.9 Å². The van der Waals surface area contributed by atoms with E-state index < -0.39 is 17.7 Å². The molecule has 2 N–H and O–H groups in total. The van der Waals surface area contributed by atoms with Gasteiger partial charge in [0.15, 0.2) is 0 Å². The van der Waals surface area contributed by atoms with Crippen molar-refractivity contribution >= 4 is 11.8 Å². The van der Waals surface area contributed by atoms with Crippen molar-refractivity contribution in [2.45, 2.75) is 71.1 Å². The van der Waals surface area contributed by atoms with Gasteiger partial charge in [-0.15, -0.1) is 0 Å². The minimum absolute atomic E-state index is 0.0222. The van der Waals surface area contributed by atoms with Crippen molar-refractivity contribution in [3.63, 3.8) is 0 Å². The Morgan fingerprint density at radius 1 is 1.10 bits per heavy atom. The maximum Gasteiger partial charge on any atom is 0.254 e. The molecular weight excluding hydrogens is 516 g/mol. The van der Waals surface area contributed by atoms with Crippen LogP contribution in [0.2, 0.25) is 0 Å². The lowest BCUT2D eigenvalue weighted by molar-refractivity contribution is 0.0630. The molecule has 1 fully saturated rings. The first-order chi connectivity index (χ1) is 19.2. The molecule has 2 aromatic rings. The lowest BCUT2D eigenvalue weighted by Crippen LogP contribution is -2.40. The number of ether oxygens (including phenoxy) is 2. The van der Waals surface area contributed by atoms with Crippen LogP contribution in [0, 0.1) is 18.6 Å². The number of aryl methyl sites for hydroxylation is 1.